The Labute approximate surface area is 206 Å². The summed E-state index contributed by atoms with van der Waals surface area (Å²) in [6, 6.07) is 29.4. The molecule has 35 heavy (non-hydrogen) atoms. The second-order valence-electron chi connectivity index (χ2n) is 9.00. The number of amides is 1. The minimum absolute atomic E-state index is 0.380. The lowest BCUT2D eigenvalue weighted by Crippen LogP contribution is -2.56. The monoisotopic (exact) mass is 463 g/mol. The second kappa shape index (κ2) is 10.1. The quantitative estimate of drug-likeness (QED) is 0.354. The Balaban J connectivity index is 1.88. The van der Waals surface area contributed by atoms with E-state index in [1.807, 2.05) is 63.2 Å². The molecular weight excluding hydrogens is 434 g/mol. The maximum absolute atomic E-state index is 13.9. The van der Waals surface area contributed by atoms with Gasteiger partial charge in [-0.05, 0) is 44.0 Å². The zero-order chi connectivity index (χ0) is 25.0. The summed E-state index contributed by atoms with van der Waals surface area (Å²) in [5, 5.41) is 15.3. The van der Waals surface area contributed by atoms with E-state index in [4.69, 9.17) is 0 Å². The van der Waals surface area contributed by atoms with Crippen molar-refractivity contribution >= 4 is 11.7 Å². The van der Waals surface area contributed by atoms with Crippen LogP contribution in [0.2, 0.25) is 0 Å². The van der Waals surface area contributed by atoms with Gasteiger partial charge in [0.15, 0.2) is 5.78 Å². The molecule has 4 rings (SSSR count). The Morgan fingerprint density at radius 3 is 1.51 bits per heavy atom. The number of aryl methyl sites for hydroxylation is 3. The normalized spacial score (nSPS) is 12.1. The van der Waals surface area contributed by atoms with Gasteiger partial charge in [0.1, 0.15) is 11.6 Å². The number of carbonyl (C=O) groups is 2. The predicted octanol–water partition coefficient (Wildman–Crippen LogP) is 5.53. The molecule has 4 aromatic carbocycles. The number of ketones is 1. The van der Waals surface area contributed by atoms with Crippen molar-refractivity contribution in [3.8, 4) is 0 Å². The highest BCUT2D eigenvalue weighted by Crippen LogP contribution is 2.35. The predicted molar refractivity (Wildman–Crippen MR) is 139 cm³/mol. The van der Waals surface area contributed by atoms with Gasteiger partial charge in [-0.3, -0.25) is 9.59 Å². The number of Topliss-reactive ketones (excluding diaryl/α,β-unsaturated/α-hetero) is 1. The molecule has 0 aliphatic carbocycles. The van der Waals surface area contributed by atoms with Crippen molar-refractivity contribution in [1.29, 1.82) is 0 Å². The van der Waals surface area contributed by atoms with E-state index in [1.165, 1.54) is 0 Å². The van der Waals surface area contributed by atoms with Gasteiger partial charge in [-0.15, -0.1) is 0 Å². The third-order valence-electron chi connectivity index (χ3n) is 6.31. The molecule has 0 fully saturated rings. The van der Waals surface area contributed by atoms with Crippen LogP contribution in [-0.2, 0) is 5.60 Å². The van der Waals surface area contributed by atoms with E-state index in [1.54, 1.807) is 60.7 Å². The molecule has 4 nitrogen and oxygen atoms in total. The summed E-state index contributed by atoms with van der Waals surface area (Å²) in [4.78, 5) is 27.3. The highest BCUT2D eigenvalue weighted by atomic mass is 16.3. The highest BCUT2D eigenvalue weighted by molar-refractivity contribution is 6.05. The van der Waals surface area contributed by atoms with E-state index < -0.39 is 17.6 Å². The van der Waals surface area contributed by atoms with Crippen LogP contribution in [0.1, 0.15) is 48.5 Å². The summed E-state index contributed by atoms with van der Waals surface area (Å²) in [7, 11) is 0. The Bertz CT molecular complexity index is 1260. The van der Waals surface area contributed by atoms with Crippen molar-refractivity contribution in [3.63, 3.8) is 0 Å². The van der Waals surface area contributed by atoms with Crippen molar-refractivity contribution in [2.75, 3.05) is 0 Å². The van der Waals surface area contributed by atoms with Gasteiger partial charge in [-0.25, -0.2) is 0 Å². The molecule has 0 spiro atoms. The van der Waals surface area contributed by atoms with Gasteiger partial charge in [-0.1, -0.05) is 108 Å². The third-order valence-corrected chi connectivity index (χ3v) is 6.31. The van der Waals surface area contributed by atoms with E-state index in [9.17, 15) is 14.7 Å². The number of carbonyl (C=O) groups excluding carboxylic acids is 2. The molecule has 0 bridgehead atoms. The Kier molecular flexibility index (Phi) is 6.94. The number of aliphatic hydroxyl groups is 1. The van der Waals surface area contributed by atoms with Crippen LogP contribution in [0.5, 0.6) is 0 Å². The fourth-order valence-electron chi connectivity index (χ4n) is 4.16. The van der Waals surface area contributed by atoms with Crippen LogP contribution < -0.4 is 5.32 Å². The van der Waals surface area contributed by atoms with E-state index in [2.05, 4.69) is 5.32 Å². The third kappa shape index (κ3) is 5.08. The first-order chi connectivity index (χ1) is 16.8. The number of nitrogens with one attached hydrogen (secondary N) is 1. The molecule has 1 amide bonds. The smallest absolute Gasteiger partial charge is 0.251 e. The molecule has 4 aromatic rings. The topological polar surface area (TPSA) is 66.4 Å². The van der Waals surface area contributed by atoms with Crippen molar-refractivity contribution in [2.24, 2.45) is 0 Å². The van der Waals surface area contributed by atoms with Gasteiger partial charge in [0.25, 0.3) is 5.91 Å². The van der Waals surface area contributed by atoms with Crippen LogP contribution >= 0.6 is 0 Å². The van der Waals surface area contributed by atoms with Crippen LogP contribution in [0.4, 0.5) is 0 Å². The van der Waals surface area contributed by atoms with E-state index in [0.29, 0.717) is 22.3 Å². The molecule has 4 heteroatoms. The van der Waals surface area contributed by atoms with Gasteiger partial charge in [0.05, 0.1) is 0 Å². The van der Waals surface area contributed by atoms with Crippen LogP contribution in [-0.4, -0.2) is 22.8 Å². The van der Waals surface area contributed by atoms with E-state index >= 15 is 0 Å². The molecule has 0 radical (unpaired) electrons. The Morgan fingerprint density at radius 1 is 0.629 bits per heavy atom. The van der Waals surface area contributed by atoms with Gasteiger partial charge in [0.2, 0.25) is 0 Å². The van der Waals surface area contributed by atoms with Gasteiger partial charge in [0, 0.05) is 11.1 Å². The van der Waals surface area contributed by atoms with Crippen LogP contribution in [0.3, 0.4) is 0 Å². The Morgan fingerprint density at radius 2 is 1.06 bits per heavy atom. The standard InChI is InChI=1S/C31H29NO3/c1-21-9-15-25(16-10-21)30(34)32-29(28(33)24-7-5-4-6-8-24)31(35,26-17-11-22(2)12-18-26)27-19-13-23(3)14-20-27/h4-20,29,35H,1-3H3,(H,32,34)/t29-/m0/s1. The molecule has 0 saturated carbocycles. The number of rotatable bonds is 7. The van der Waals surface area contributed by atoms with Crippen molar-refractivity contribution < 1.29 is 14.7 Å². The fraction of sp³-hybridized carbons (Fsp3) is 0.161. The first-order valence-corrected chi connectivity index (χ1v) is 11.6. The van der Waals surface area contributed by atoms with E-state index in [0.717, 1.165) is 16.7 Å². The maximum Gasteiger partial charge on any atom is 0.251 e. The van der Waals surface area contributed by atoms with Crippen molar-refractivity contribution in [3.05, 3.63) is 142 Å². The summed E-state index contributed by atoms with van der Waals surface area (Å²) in [5.41, 5.74) is 3.11. The first-order valence-electron chi connectivity index (χ1n) is 11.6. The zero-order valence-electron chi connectivity index (χ0n) is 20.2. The van der Waals surface area contributed by atoms with Crippen LogP contribution in [0.25, 0.3) is 0 Å². The molecule has 0 saturated heterocycles. The molecule has 0 unspecified atom stereocenters. The molecule has 2 N–H and O–H groups in total. The lowest BCUT2D eigenvalue weighted by atomic mass is 9.76. The summed E-state index contributed by atoms with van der Waals surface area (Å²) in [6.45, 7) is 5.86. The first kappa shape index (κ1) is 24.1. The van der Waals surface area contributed by atoms with Crippen LogP contribution in [0, 0.1) is 20.8 Å². The Hall–Kier alpha value is -4.02. The number of hydrogen-bond acceptors (Lipinski definition) is 3. The molecular formula is C31H29NO3. The SMILES string of the molecule is Cc1ccc(C(=O)N[C@@H](C(=O)c2ccccc2)C(O)(c2ccc(C)cc2)c2ccc(C)cc2)cc1. The summed E-state index contributed by atoms with van der Waals surface area (Å²) in [5.74, 6) is -0.813. The minimum atomic E-state index is -1.81. The average Bonchev–Trinajstić information content (AvgIpc) is 2.88. The summed E-state index contributed by atoms with van der Waals surface area (Å²) >= 11 is 0. The van der Waals surface area contributed by atoms with Gasteiger partial charge >= 0.3 is 0 Å². The molecule has 0 aliphatic heterocycles. The highest BCUT2D eigenvalue weighted by Gasteiger charge is 2.45. The average molecular weight is 464 g/mol. The summed E-state index contributed by atoms with van der Waals surface area (Å²) in [6.07, 6.45) is 0. The maximum atomic E-state index is 13.9. The van der Waals surface area contributed by atoms with Gasteiger partial charge in [-0.2, -0.15) is 0 Å². The van der Waals surface area contributed by atoms with Gasteiger partial charge < -0.3 is 10.4 Å². The lowest BCUT2D eigenvalue weighted by Gasteiger charge is -2.37. The zero-order valence-corrected chi connectivity index (χ0v) is 20.2. The summed E-state index contributed by atoms with van der Waals surface area (Å²) < 4.78 is 0. The van der Waals surface area contributed by atoms with Crippen molar-refractivity contribution in [2.45, 2.75) is 32.4 Å². The van der Waals surface area contributed by atoms with E-state index in [-0.39, 0.29) is 5.78 Å². The largest absolute Gasteiger partial charge is 0.378 e. The molecule has 176 valence electrons. The number of benzene rings is 4. The number of hydrogen-bond donors (Lipinski definition) is 2. The lowest BCUT2D eigenvalue weighted by molar-refractivity contribution is 0.0320. The molecule has 0 heterocycles. The van der Waals surface area contributed by atoms with Crippen molar-refractivity contribution in [1.82, 2.24) is 5.32 Å². The van der Waals surface area contributed by atoms with Crippen LogP contribution in [0.15, 0.2) is 103 Å². The second-order valence-corrected chi connectivity index (χ2v) is 9.00. The molecule has 0 aliphatic rings. The fourth-order valence-corrected chi connectivity index (χ4v) is 4.16. The molecule has 1 atom stereocenters. The molecule has 0 aromatic heterocycles. The minimum Gasteiger partial charge on any atom is -0.378 e.